The van der Waals surface area contributed by atoms with Gasteiger partial charge in [0.1, 0.15) is 5.75 Å². The third kappa shape index (κ3) is 3.84. The molecule has 0 aliphatic carbocycles. The van der Waals surface area contributed by atoms with E-state index in [0.29, 0.717) is 0 Å². The first-order valence-electron chi connectivity index (χ1n) is 9.12. The molecular weight excluding hydrogens is 342 g/mol. The van der Waals surface area contributed by atoms with Gasteiger partial charge in [0, 0.05) is 32.6 Å². The highest BCUT2D eigenvalue weighted by Gasteiger charge is 2.19. The molecule has 1 aromatic heterocycles. The number of hydrogen-bond donors (Lipinski definition) is 0. The summed E-state index contributed by atoms with van der Waals surface area (Å²) in [5.41, 5.74) is 2.31. The third-order valence-electron chi connectivity index (χ3n) is 4.87. The average molecular weight is 367 g/mol. The van der Waals surface area contributed by atoms with Crippen LogP contribution in [-0.2, 0) is 0 Å². The maximum atomic E-state index is 5.50. The monoisotopic (exact) mass is 366 g/mol. The van der Waals surface area contributed by atoms with Crippen molar-refractivity contribution < 1.29 is 4.74 Å². The Morgan fingerprint density at radius 2 is 1.81 bits per heavy atom. The number of thiazole rings is 1. The zero-order valence-electron chi connectivity index (χ0n) is 15.1. The van der Waals surface area contributed by atoms with Crippen LogP contribution in [0.25, 0.3) is 10.2 Å². The normalized spacial score (nSPS) is 15.5. The molecule has 1 aliphatic heterocycles. The van der Waals surface area contributed by atoms with Crippen molar-refractivity contribution in [1.29, 1.82) is 0 Å². The topological polar surface area (TPSA) is 28.6 Å². The van der Waals surface area contributed by atoms with Gasteiger partial charge in [-0.25, -0.2) is 4.98 Å². The summed E-state index contributed by atoms with van der Waals surface area (Å²) in [6.45, 7) is 5.36. The summed E-state index contributed by atoms with van der Waals surface area (Å²) in [6, 6.07) is 16.6. The maximum Gasteiger partial charge on any atom is 0.142 e. The molecule has 0 saturated carbocycles. The zero-order chi connectivity index (χ0) is 17.8. The van der Waals surface area contributed by atoms with Gasteiger partial charge in [-0.1, -0.05) is 24.3 Å². The second-order valence-corrected chi connectivity index (χ2v) is 7.58. The highest BCUT2D eigenvalue weighted by atomic mass is 32.1. The van der Waals surface area contributed by atoms with Crippen LogP contribution < -0.4 is 9.64 Å². The molecule has 2 aromatic carbocycles. The minimum Gasteiger partial charge on any atom is -0.495 e. The minimum absolute atomic E-state index is 0.963. The molecule has 135 valence electrons. The number of nitrogens with zero attached hydrogens (tertiary/aromatic N) is 3. The summed E-state index contributed by atoms with van der Waals surface area (Å²) in [6.07, 6.45) is 3.33. The lowest BCUT2D eigenvalue weighted by atomic mass is 10.2. The Morgan fingerprint density at radius 3 is 2.62 bits per heavy atom. The largest absolute Gasteiger partial charge is 0.495 e. The standard InChI is InChI=1S/C21H24N3OS/c1-25-19-9-4-3-8-18(19)24-15-13-23(14-16-24)12-6-11-21-22-17-7-2-5-10-20(17)26-21/h2-5,7-11H,6,12-16H2,1H3. The summed E-state index contributed by atoms with van der Waals surface area (Å²) >= 11 is 1.78. The molecule has 1 aliphatic rings. The number of benzene rings is 2. The van der Waals surface area contributed by atoms with Gasteiger partial charge in [0.05, 0.1) is 28.0 Å². The number of piperazine rings is 1. The Morgan fingerprint density at radius 1 is 1.04 bits per heavy atom. The molecule has 4 nitrogen and oxygen atoms in total. The van der Waals surface area contributed by atoms with Crippen molar-refractivity contribution >= 4 is 27.2 Å². The first kappa shape index (κ1) is 17.3. The highest BCUT2D eigenvalue weighted by Crippen LogP contribution is 2.28. The van der Waals surface area contributed by atoms with Crippen molar-refractivity contribution in [2.45, 2.75) is 6.42 Å². The van der Waals surface area contributed by atoms with Gasteiger partial charge in [-0.05, 0) is 37.2 Å². The van der Waals surface area contributed by atoms with Gasteiger partial charge in [-0.3, -0.25) is 4.90 Å². The first-order chi connectivity index (χ1) is 12.8. The van der Waals surface area contributed by atoms with E-state index >= 15 is 0 Å². The lowest BCUT2D eigenvalue weighted by molar-refractivity contribution is 0.260. The number of hydrogen-bond acceptors (Lipinski definition) is 5. The zero-order valence-corrected chi connectivity index (χ0v) is 15.9. The number of methoxy groups -OCH3 is 1. The molecule has 1 saturated heterocycles. The van der Waals surface area contributed by atoms with Crippen molar-refractivity contribution in [3.8, 4) is 5.75 Å². The molecule has 1 radical (unpaired) electrons. The Balaban J connectivity index is 1.26. The molecule has 0 atom stereocenters. The quantitative estimate of drug-likeness (QED) is 0.657. The predicted octanol–water partition coefficient (Wildman–Crippen LogP) is 4.07. The van der Waals surface area contributed by atoms with Crippen LogP contribution in [0.3, 0.4) is 0 Å². The highest BCUT2D eigenvalue weighted by molar-refractivity contribution is 7.18. The van der Waals surface area contributed by atoms with Crippen molar-refractivity contribution in [1.82, 2.24) is 9.88 Å². The maximum absolute atomic E-state index is 5.50. The molecule has 5 heteroatoms. The molecule has 0 amide bonds. The fourth-order valence-electron chi connectivity index (χ4n) is 3.45. The van der Waals surface area contributed by atoms with E-state index in [0.717, 1.165) is 55.4 Å². The van der Waals surface area contributed by atoms with E-state index in [-0.39, 0.29) is 0 Å². The van der Waals surface area contributed by atoms with Crippen LogP contribution in [0.15, 0.2) is 48.5 Å². The van der Waals surface area contributed by atoms with Gasteiger partial charge in [-0.15, -0.1) is 11.3 Å². The molecule has 3 aromatic rings. The predicted molar refractivity (Wildman–Crippen MR) is 109 cm³/mol. The minimum atomic E-state index is 0.963. The van der Waals surface area contributed by atoms with Gasteiger partial charge in [0.2, 0.25) is 0 Å². The van der Waals surface area contributed by atoms with Crippen molar-refractivity contribution in [2.75, 3.05) is 44.7 Å². The fourth-order valence-corrected chi connectivity index (χ4v) is 4.39. The fraction of sp³-hybridized carbons (Fsp3) is 0.333. The summed E-state index contributed by atoms with van der Waals surface area (Å²) in [7, 11) is 1.74. The van der Waals surface area contributed by atoms with E-state index in [1.807, 2.05) is 18.2 Å². The van der Waals surface area contributed by atoms with Crippen LogP contribution >= 0.6 is 11.3 Å². The number of aromatic nitrogens is 1. The Hall–Kier alpha value is -2.11. The first-order valence-corrected chi connectivity index (χ1v) is 9.94. The van der Waals surface area contributed by atoms with Crippen LogP contribution in [0, 0.1) is 6.42 Å². The molecule has 0 N–H and O–H groups in total. The lowest BCUT2D eigenvalue weighted by Crippen LogP contribution is -2.46. The summed E-state index contributed by atoms with van der Waals surface area (Å²) in [5, 5.41) is 1.14. The lowest BCUT2D eigenvalue weighted by Gasteiger charge is -2.36. The molecule has 0 unspecified atom stereocenters. The third-order valence-corrected chi connectivity index (χ3v) is 5.91. The molecular formula is C21H24N3OS. The number of rotatable bonds is 6. The molecule has 0 spiro atoms. The van der Waals surface area contributed by atoms with Crippen molar-refractivity contribution in [3.05, 3.63) is 60.0 Å². The SMILES string of the molecule is COc1ccccc1N1CCN(CC[CH]c2nc3ccccc3s2)CC1. The Bertz CT molecular complexity index is 822. The molecule has 2 heterocycles. The van der Waals surface area contributed by atoms with Crippen LogP contribution in [0.5, 0.6) is 5.75 Å². The number of fused-ring (bicyclic) bond motifs is 1. The number of ether oxygens (including phenoxy) is 1. The molecule has 26 heavy (non-hydrogen) atoms. The van der Waals surface area contributed by atoms with E-state index in [2.05, 4.69) is 51.5 Å². The van der Waals surface area contributed by atoms with E-state index in [9.17, 15) is 0 Å². The number of para-hydroxylation sites is 3. The van der Waals surface area contributed by atoms with Gasteiger partial charge in [0.25, 0.3) is 0 Å². The molecule has 1 fully saturated rings. The van der Waals surface area contributed by atoms with Gasteiger partial charge < -0.3 is 9.64 Å². The molecule has 0 bridgehead atoms. The van der Waals surface area contributed by atoms with Crippen LogP contribution in [0.2, 0.25) is 0 Å². The summed E-state index contributed by atoms with van der Waals surface area (Å²) in [5.74, 6) is 0.963. The average Bonchev–Trinajstić information content (AvgIpc) is 3.11. The second kappa shape index (κ2) is 8.06. The van der Waals surface area contributed by atoms with Crippen molar-refractivity contribution in [3.63, 3.8) is 0 Å². The smallest absolute Gasteiger partial charge is 0.142 e. The van der Waals surface area contributed by atoms with Crippen molar-refractivity contribution in [2.24, 2.45) is 0 Å². The Kier molecular flexibility index (Phi) is 5.37. The van der Waals surface area contributed by atoms with E-state index in [1.54, 1.807) is 18.4 Å². The van der Waals surface area contributed by atoms with Gasteiger partial charge in [0.15, 0.2) is 0 Å². The molecule has 4 rings (SSSR count). The second-order valence-electron chi connectivity index (χ2n) is 6.51. The Labute approximate surface area is 159 Å². The van der Waals surface area contributed by atoms with Crippen LogP contribution in [0.4, 0.5) is 5.69 Å². The van der Waals surface area contributed by atoms with E-state index in [4.69, 9.17) is 4.74 Å². The number of anilines is 1. The van der Waals surface area contributed by atoms with E-state index < -0.39 is 0 Å². The van der Waals surface area contributed by atoms with Gasteiger partial charge >= 0.3 is 0 Å². The van der Waals surface area contributed by atoms with Crippen LogP contribution in [-0.4, -0.2) is 49.7 Å². The van der Waals surface area contributed by atoms with Gasteiger partial charge in [-0.2, -0.15) is 0 Å². The van der Waals surface area contributed by atoms with E-state index in [1.165, 1.54) is 10.4 Å². The van der Waals surface area contributed by atoms with Crippen LogP contribution in [0.1, 0.15) is 11.4 Å². The summed E-state index contributed by atoms with van der Waals surface area (Å²) < 4.78 is 6.77. The summed E-state index contributed by atoms with van der Waals surface area (Å²) in [4.78, 5) is 9.65.